The van der Waals surface area contributed by atoms with E-state index in [1.165, 1.54) is 25.5 Å². The number of pyridine rings is 1. The van der Waals surface area contributed by atoms with E-state index in [9.17, 15) is 9.90 Å². The average Bonchev–Trinajstić information content (AvgIpc) is 2.71. The highest BCUT2D eigenvalue weighted by atomic mass is 16.5. The molecule has 146 valence electrons. The van der Waals surface area contributed by atoms with Crippen LogP contribution < -0.4 is 5.56 Å². The van der Waals surface area contributed by atoms with E-state index in [0.717, 1.165) is 18.4 Å². The van der Waals surface area contributed by atoms with Crippen molar-refractivity contribution in [1.29, 1.82) is 0 Å². The van der Waals surface area contributed by atoms with Gasteiger partial charge < -0.3 is 14.4 Å². The fraction of sp³-hybridized carbons (Fsp3) is 0.524. The third-order valence-corrected chi connectivity index (χ3v) is 5.00. The number of aryl methyl sites for hydroxylation is 1. The minimum Gasteiger partial charge on any atom is -0.506 e. The van der Waals surface area contributed by atoms with Gasteiger partial charge in [-0.25, -0.2) is 0 Å². The summed E-state index contributed by atoms with van der Waals surface area (Å²) < 4.78 is 7.10. The Labute approximate surface area is 160 Å². The molecule has 0 unspecified atom stereocenters. The quantitative estimate of drug-likeness (QED) is 0.571. The molecule has 1 N–H and O–H groups in total. The number of hydrogen-bond donors (Lipinski definition) is 1. The molecule has 1 saturated heterocycles. The largest absolute Gasteiger partial charge is 0.506 e. The van der Waals surface area contributed by atoms with Crippen LogP contribution in [0.5, 0.6) is 5.75 Å². The number of para-hydroxylation sites is 1. The highest BCUT2D eigenvalue weighted by Gasteiger charge is 2.15. The maximum atomic E-state index is 13.1. The second-order valence-electron chi connectivity index (χ2n) is 6.96. The third-order valence-electron chi connectivity index (χ3n) is 5.00. The number of hydrazone groups is 1. The Hall–Kier alpha value is -2.34. The molecule has 2 heterocycles. The van der Waals surface area contributed by atoms with Crippen molar-refractivity contribution in [3.63, 3.8) is 0 Å². The van der Waals surface area contributed by atoms with Crippen molar-refractivity contribution in [2.24, 2.45) is 5.10 Å². The first kappa shape index (κ1) is 19.4. The Morgan fingerprint density at radius 3 is 2.67 bits per heavy atom. The summed E-state index contributed by atoms with van der Waals surface area (Å²) in [4.78, 5) is 13.1. The van der Waals surface area contributed by atoms with Gasteiger partial charge >= 0.3 is 0 Å². The summed E-state index contributed by atoms with van der Waals surface area (Å²) >= 11 is 0. The van der Waals surface area contributed by atoms with Crippen molar-refractivity contribution in [2.75, 3.05) is 26.3 Å². The van der Waals surface area contributed by atoms with E-state index >= 15 is 0 Å². The molecule has 1 aliphatic rings. The number of fused-ring (bicyclic) bond motifs is 1. The normalized spacial score (nSPS) is 15.1. The lowest BCUT2D eigenvalue weighted by Crippen LogP contribution is -2.32. The van der Waals surface area contributed by atoms with Gasteiger partial charge in [-0.15, -0.1) is 0 Å². The predicted molar refractivity (Wildman–Crippen MR) is 109 cm³/mol. The average molecular weight is 371 g/mol. The predicted octanol–water partition coefficient (Wildman–Crippen LogP) is 3.34. The molecule has 6 nitrogen and oxygen atoms in total. The number of morpholine rings is 1. The minimum absolute atomic E-state index is 0.00911. The van der Waals surface area contributed by atoms with Gasteiger partial charge in [0.15, 0.2) is 0 Å². The Balaban J connectivity index is 1.90. The number of aromatic hydroxyl groups is 1. The van der Waals surface area contributed by atoms with Crippen molar-refractivity contribution >= 4 is 17.1 Å². The molecule has 0 radical (unpaired) electrons. The van der Waals surface area contributed by atoms with Crippen molar-refractivity contribution in [1.82, 2.24) is 9.58 Å². The van der Waals surface area contributed by atoms with Gasteiger partial charge in [-0.1, -0.05) is 44.7 Å². The summed E-state index contributed by atoms with van der Waals surface area (Å²) in [7, 11) is 0. The van der Waals surface area contributed by atoms with Crippen LogP contribution in [0, 0.1) is 0 Å². The van der Waals surface area contributed by atoms with Gasteiger partial charge in [0.25, 0.3) is 5.56 Å². The molecule has 2 aromatic rings. The minimum atomic E-state index is -0.182. The number of ether oxygens (including phenoxy) is 1. The van der Waals surface area contributed by atoms with Gasteiger partial charge in [0.1, 0.15) is 11.3 Å². The SMILES string of the molecule is CCCCCCCn1c(=O)c(C=NN2CCOCC2)c(O)c2ccccc21. The molecule has 1 aromatic heterocycles. The van der Waals surface area contributed by atoms with Crippen LogP contribution in [0.25, 0.3) is 10.9 Å². The van der Waals surface area contributed by atoms with E-state index in [2.05, 4.69) is 12.0 Å². The summed E-state index contributed by atoms with van der Waals surface area (Å²) in [5.74, 6) is 0.00911. The van der Waals surface area contributed by atoms with Crippen LogP contribution in [0.1, 0.15) is 44.6 Å². The van der Waals surface area contributed by atoms with Crippen molar-refractivity contribution in [3.8, 4) is 5.75 Å². The number of nitrogens with zero attached hydrogens (tertiary/aromatic N) is 3. The molecule has 0 bridgehead atoms. The van der Waals surface area contributed by atoms with E-state index in [-0.39, 0.29) is 16.9 Å². The first-order valence-electron chi connectivity index (χ1n) is 9.93. The lowest BCUT2D eigenvalue weighted by atomic mass is 10.1. The standard InChI is InChI=1S/C21H29N3O3/c1-2-3-4-5-8-11-24-19-10-7-6-9-17(19)20(25)18(21(24)26)16-22-23-12-14-27-15-13-23/h6-7,9-10,16,25H,2-5,8,11-15H2,1H3. The topological polar surface area (TPSA) is 67.1 Å². The summed E-state index contributed by atoms with van der Waals surface area (Å²) in [6, 6.07) is 7.52. The van der Waals surface area contributed by atoms with Crippen LogP contribution in [0.2, 0.25) is 0 Å². The Bertz CT molecular complexity index is 838. The smallest absolute Gasteiger partial charge is 0.263 e. The van der Waals surface area contributed by atoms with Gasteiger partial charge in [-0.05, 0) is 18.6 Å². The monoisotopic (exact) mass is 371 g/mol. The molecule has 1 fully saturated rings. The lowest BCUT2D eigenvalue weighted by molar-refractivity contribution is 0.0397. The number of rotatable bonds is 8. The fourth-order valence-corrected chi connectivity index (χ4v) is 3.43. The molecule has 0 aliphatic carbocycles. The molecule has 1 aliphatic heterocycles. The van der Waals surface area contributed by atoms with Crippen LogP contribution >= 0.6 is 0 Å². The molecule has 0 atom stereocenters. The van der Waals surface area contributed by atoms with E-state index in [4.69, 9.17) is 4.74 Å². The van der Waals surface area contributed by atoms with Crippen molar-refractivity contribution in [3.05, 3.63) is 40.2 Å². The zero-order chi connectivity index (χ0) is 19.1. The van der Waals surface area contributed by atoms with Crippen molar-refractivity contribution < 1.29 is 9.84 Å². The summed E-state index contributed by atoms with van der Waals surface area (Å²) in [5, 5.41) is 17.6. The molecule has 0 amide bonds. The molecular weight excluding hydrogens is 342 g/mol. The van der Waals surface area contributed by atoms with E-state index in [0.29, 0.717) is 38.2 Å². The lowest BCUT2D eigenvalue weighted by Gasteiger charge is -2.23. The van der Waals surface area contributed by atoms with Gasteiger partial charge in [0.05, 0.1) is 38.0 Å². The Morgan fingerprint density at radius 1 is 1.15 bits per heavy atom. The molecule has 0 spiro atoms. The Kier molecular flexibility index (Phi) is 6.87. The molecule has 3 rings (SSSR count). The van der Waals surface area contributed by atoms with E-state index < -0.39 is 0 Å². The number of benzene rings is 1. The molecule has 6 heteroatoms. The first-order valence-corrected chi connectivity index (χ1v) is 9.93. The van der Waals surface area contributed by atoms with Crippen LogP contribution in [0.15, 0.2) is 34.2 Å². The van der Waals surface area contributed by atoms with E-state index in [1.54, 1.807) is 4.57 Å². The number of hydrogen-bond acceptors (Lipinski definition) is 5. The zero-order valence-corrected chi connectivity index (χ0v) is 16.1. The zero-order valence-electron chi connectivity index (χ0n) is 16.1. The number of unbranched alkanes of at least 4 members (excludes halogenated alkanes) is 4. The first-order chi connectivity index (χ1) is 13.2. The molecule has 0 saturated carbocycles. The summed E-state index contributed by atoms with van der Waals surface area (Å²) in [5.41, 5.74) is 0.853. The summed E-state index contributed by atoms with van der Waals surface area (Å²) in [6.07, 6.45) is 7.17. The fourth-order valence-electron chi connectivity index (χ4n) is 3.43. The molecular formula is C21H29N3O3. The Morgan fingerprint density at radius 2 is 1.89 bits per heavy atom. The maximum absolute atomic E-state index is 13.1. The van der Waals surface area contributed by atoms with E-state index in [1.807, 2.05) is 29.3 Å². The molecule has 1 aromatic carbocycles. The van der Waals surface area contributed by atoms with Crippen LogP contribution in [-0.4, -0.2) is 47.2 Å². The van der Waals surface area contributed by atoms with Gasteiger partial charge in [-0.3, -0.25) is 9.80 Å². The maximum Gasteiger partial charge on any atom is 0.263 e. The second kappa shape index (κ2) is 9.55. The van der Waals surface area contributed by atoms with Crippen LogP contribution in [0.4, 0.5) is 0 Å². The number of aromatic nitrogens is 1. The van der Waals surface area contributed by atoms with Gasteiger partial charge in [0, 0.05) is 11.9 Å². The summed E-state index contributed by atoms with van der Waals surface area (Å²) in [6.45, 7) is 5.48. The van der Waals surface area contributed by atoms with Crippen molar-refractivity contribution in [2.45, 2.75) is 45.6 Å². The van der Waals surface area contributed by atoms with Crippen LogP contribution in [-0.2, 0) is 11.3 Å². The highest BCUT2D eigenvalue weighted by Crippen LogP contribution is 2.25. The van der Waals surface area contributed by atoms with Gasteiger partial charge in [-0.2, -0.15) is 5.10 Å². The highest BCUT2D eigenvalue weighted by molar-refractivity contribution is 5.94. The van der Waals surface area contributed by atoms with Crippen LogP contribution in [0.3, 0.4) is 0 Å². The third kappa shape index (κ3) is 4.69. The second-order valence-corrected chi connectivity index (χ2v) is 6.96. The van der Waals surface area contributed by atoms with Gasteiger partial charge in [0.2, 0.25) is 0 Å². The molecule has 27 heavy (non-hydrogen) atoms.